The number of benzene rings is 3. The number of ether oxygens (including phenoxy) is 1. The zero-order chi connectivity index (χ0) is 33.2. The molecule has 0 amide bonds. The van der Waals surface area contributed by atoms with Crippen LogP contribution in [-0.4, -0.2) is 53.7 Å². The minimum Gasteiger partial charge on any atom is -0.511 e. The predicted molar refractivity (Wildman–Crippen MR) is 175 cm³/mol. The van der Waals surface area contributed by atoms with Gasteiger partial charge >= 0.3 is 16.3 Å². The smallest absolute Gasteiger partial charge is 0.384 e. The average molecular weight is 656 g/mol. The van der Waals surface area contributed by atoms with Crippen molar-refractivity contribution in [2.45, 2.75) is 75.7 Å². The zero-order valence-electron chi connectivity index (χ0n) is 26.5. The fourth-order valence-electron chi connectivity index (χ4n) is 5.17. The van der Waals surface area contributed by atoms with Crippen molar-refractivity contribution in [1.29, 1.82) is 0 Å². The van der Waals surface area contributed by atoms with Crippen LogP contribution in [0.3, 0.4) is 0 Å². The Hall–Kier alpha value is -3.67. The first-order valence-electron chi connectivity index (χ1n) is 14.6. The summed E-state index contributed by atoms with van der Waals surface area (Å²) in [6.45, 7) is 7.62. The van der Waals surface area contributed by atoms with Crippen molar-refractivity contribution in [2.24, 2.45) is 0 Å². The number of rotatable bonds is 11. The third kappa shape index (κ3) is 8.53. The number of phenolic OH excluding ortho intramolecular Hbond substituents is 2. The number of aromatic hydroxyl groups is 2. The van der Waals surface area contributed by atoms with E-state index >= 15 is 0 Å². The van der Waals surface area contributed by atoms with Gasteiger partial charge in [-0.2, -0.15) is 12.7 Å². The Morgan fingerprint density at radius 1 is 0.933 bits per heavy atom. The molecule has 0 atom stereocenters. The average Bonchev–Trinajstić information content (AvgIpc) is 2.93. The molecule has 0 unspecified atom stereocenters. The number of phenols is 2. The zero-order valence-corrected chi connectivity index (χ0v) is 28.1. The highest BCUT2D eigenvalue weighted by Gasteiger charge is 2.42. The van der Waals surface area contributed by atoms with Crippen molar-refractivity contribution in [3.63, 3.8) is 0 Å². The summed E-state index contributed by atoms with van der Waals surface area (Å²) in [6.07, 6.45) is 1.90. The van der Waals surface area contributed by atoms with Crippen molar-refractivity contribution in [3.05, 3.63) is 93.6 Å². The summed E-state index contributed by atoms with van der Waals surface area (Å²) in [5, 5.41) is 31.3. The van der Waals surface area contributed by atoms with Gasteiger partial charge in [-0.15, -0.1) is 0 Å². The van der Waals surface area contributed by atoms with Gasteiger partial charge in [0, 0.05) is 25.4 Å². The normalized spacial score (nSPS) is 15.3. The number of thioether (sulfide) groups is 1. The van der Waals surface area contributed by atoms with Gasteiger partial charge in [0.05, 0.1) is 0 Å². The third-order valence-electron chi connectivity index (χ3n) is 7.75. The van der Waals surface area contributed by atoms with Crippen LogP contribution in [0.15, 0.2) is 76.2 Å². The molecule has 0 radical (unpaired) electrons. The number of aryl methyl sites for hydroxylation is 3. The summed E-state index contributed by atoms with van der Waals surface area (Å²) in [6, 6.07) is 17.2. The summed E-state index contributed by atoms with van der Waals surface area (Å²) in [5.41, 5.74) is 1.54. The Bertz CT molecular complexity index is 1660. The maximum absolute atomic E-state index is 13.7. The largest absolute Gasteiger partial charge is 0.511 e. The lowest BCUT2D eigenvalue weighted by Gasteiger charge is -2.37. The van der Waals surface area contributed by atoms with Crippen molar-refractivity contribution in [1.82, 2.24) is 4.31 Å². The van der Waals surface area contributed by atoms with Crippen molar-refractivity contribution < 1.29 is 37.5 Å². The maximum Gasteiger partial charge on any atom is 0.384 e. The third-order valence-corrected chi connectivity index (χ3v) is 10.2. The van der Waals surface area contributed by atoms with Gasteiger partial charge in [-0.05, 0) is 96.7 Å². The molecule has 1 aliphatic rings. The van der Waals surface area contributed by atoms with E-state index in [2.05, 4.69) is 0 Å². The minimum atomic E-state index is -3.99. The van der Waals surface area contributed by atoms with Gasteiger partial charge in [-0.1, -0.05) is 56.8 Å². The molecule has 0 spiro atoms. The van der Waals surface area contributed by atoms with E-state index < -0.39 is 27.3 Å². The van der Waals surface area contributed by atoms with E-state index in [4.69, 9.17) is 8.92 Å². The van der Waals surface area contributed by atoms with E-state index in [-0.39, 0.29) is 34.3 Å². The molecule has 0 aromatic heterocycles. The topological polar surface area (TPSA) is 134 Å². The van der Waals surface area contributed by atoms with E-state index in [9.17, 15) is 28.5 Å². The van der Waals surface area contributed by atoms with Crippen LogP contribution in [0.4, 0.5) is 0 Å². The summed E-state index contributed by atoms with van der Waals surface area (Å²) >= 11 is 1.09. The molecule has 0 saturated carbocycles. The molecule has 11 heteroatoms. The van der Waals surface area contributed by atoms with Crippen molar-refractivity contribution in [3.8, 4) is 17.2 Å². The first-order chi connectivity index (χ1) is 21.0. The molecule has 3 N–H and O–H groups in total. The monoisotopic (exact) mass is 655 g/mol. The number of aliphatic hydroxyl groups excluding tert-OH is 1. The van der Waals surface area contributed by atoms with Crippen LogP contribution in [0.25, 0.3) is 0 Å². The molecule has 4 rings (SSSR count). The molecule has 3 aromatic carbocycles. The standard InChI is InChI=1S/C34H41NO8S2/c1-22-17-30(27(33(2,3)4)20-29(22)43-45(40,41)35(5)6)44-31-28(38)21-34(42-32(31)39,15-13-23-9-7-11-25(36)18-23)16-14-24-10-8-12-26(37)19-24/h7-12,17-20,36-38H,13-16,21H2,1-6H3. The number of hydrogen-bond acceptors (Lipinski definition) is 9. The molecule has 45 heavy (non-hydrogen) atoms. The van der Waals surface area contributed by atoms with Crippen LogP contribution in [-0.2, 0) is 38.1 Å². The number of aliphatic hydroxyl groups is 1. The molecule has 0 bridgehead atoms. The fraction of sp³-hybridized carbons (Fsp3) is 0.382. The summed E-state index contributed by atoms with van der Waals surface area (Å²) in [4.78, 5) is 14.4. The first kappa shape index (κ1) is 34.2. The highest BCUT2D eigenvalue weighted by atomic mass is 32.2. The van der Waals surface area contributed by atoms with Crippen LogP contribution in [0.2, 0.25) is 0 Å². The van der Waals surface area contributed by atoms with Crippen molar-refractivity contribution >= 4 is 28.0 Å². The number of cyclic esters (lactones) is 1. The van der Waals surface area contributed by atoms with Crippen LogP contribution >= 0.6 is 11.8 Å². The summed E-state index contributed by atoms with van der Waals surface area (Å²) in [5.74, 6) is -0.270. The lowest BCUT2D eigenvalue weighted by molar-refractivity contribution is -0.159. The van der Waals surface area contributed by atoms with Gasteiger partial charge in [0.15, 0.2) is 0 Å². The van der Waals surface area contributed by atoms with Gasteiger partial charge in [0.25, 0.3) is 0 Å². The maximum atomic E-state index is 13.7. The van der Waals surface area contributed by atoms with E-state index in [1.165, 1.54) is 14.1 Å². The second kappa shape index (κ2) is 13.4. The number of esters is 1. The fourth-order valence-corrected chi connectivity index (χ4v) is 6.98. The van der Waals surface area contributed by atoms with Crippen LogP contribution in [0, 0.1) is 6.92 Å². The molecule has 1 heterocycles. The molecule has 0 fully saturated rings. The second-order valence-corrected chi connectivity index (χ2v) is 15.5. The SMILES string of the molecule is Cc1cc(SC2=C(O)CC(CCc3cccc(O)c3)(CCc3cccc(O)c3)OC2=O)c(C(C)(C)C)cc1OS(=O)(=O)N(C)C. The summed E-state index contributed by atoms with van der Waals surface area (Å²) < 4.78 is 37.5. The Balaban J connectivity index is 1.67. The van der Waals surface area contributed by atoms with Crippen molar-refractivity contribution in [2.75, 3.05) is 14.1 Å². The first-order valence-corrected chi connectivity index (χ1v) is 16.8. The number of hydrogen-bond donors (Lipinski definition) is 3. The number of carbonyl (C=O) groups is 1. The lowest BCUT2D eigenvalue weighted by atomic mass is 9.84. The molecule has 3 aromatic rings. The van der Waals surface area contributed by atoms with E-state index in [1.807, 2.05) is 32.9 Å². The quantitative estimate of drug-likeness (QED) is 0.193. The van der Waals surface area contributed by atoms with Gasteiger partial charge in [0.1, 0.15) is 33.5 Å². The van der Waals surface area contributed by atoms with Crippen LogP contribution < -0.4 is 4.18 Å². The molecular weight excluding hydrogens is 615 g/mol. The molecule has 242 valence electrons. The highest BCUT2D eigenvalue weighted by Crippen LogP contribution is 2.45. The summed E-state index contributed by atoms with van der Waals surface area (Å²) in [7, 11) is -1.22. The highest BCUT2D eigenvalue weighted by molar-refractivity contribution is 8.04. The van der Waals surface area contributed by atoms with Crippen LogP contribution in [0.1, 0.15) is 62.3 Å². The molecule has 1 aliphatic heterocycles. The minimum absolute atomic E-state index is 0.0693. The van der Waals surface area contributed by atoms with Gasteiger partial charge in [-0.3, -0.25) is 0 Å². The molecular formula is C34H41NO8S2. The predicted octanol–water partition coefficient (Wildman–Crippen LogP) is 6.70. The Morgan fingerprint density at radius 2 is 1.49 bits per heavy atom. The lowest BCUT2D eigenvalue weighted by Crippen LogP contribution is -2.41. The molecule has 0 saturated heterocycles. The number of nitrogens with zero attached hydrogens (tertiary/aromatic N) is 1. The van der Waals surface area contributed by atoms with Gasteiger partial charge in [-0.25, -0.2) is 4.79 Å². The van der Waals surface area contributed by atoms with E-state index in [0.717, 1.165) is 32.8 Å². The number of carbonyl (C=O) groups excluding carboxylic acids is 1. The Morgan fingerprint density at radius 3 is 1.96 bits per heavy atom. The van der Waals surface area contributed by atoms with Gasteiger partial charge < -0.3 is 24.2 Å². The Labute approximate surface area is 269 Å². The molecule has 9 nitrogen and oxygen atoms in total. The van der Waals surface area contributed by atoms with Gasteiger partial charge in [0.2, 0.25) is 0 Å². The second-order valence-electron chi connectivity index (χ2n) is 12.7. The van der Waals surface area contributed by atoms with E-state index in [0.29, 0.717) is 36.1 Å². The molecule has 0 aliphatic carbocycles. The van der Waals surface area contributed by atoms with E-state index in [1.54, 1.807) is 55.5 Å². The Kier molecular flexibility index (Phi) is 10.2. The van der Waals surface area contributed by atoms with Crippen LogP contribution in [0.5, 0.6) is 17.2 Å².